The number of hydrogen-bond acceptors (Lipinski definition) is 3. The molecule has 1 unspecified atom stereocenters. The van der Waals surface area contributed by atoms with Gasteiger partial charge < -0.3 is 14.8 Å². The molecule has 1 atom stereocenters. The second-order valence-electron chi connectivity index (χ2n) is 5.53. The van der Waals surface area contributed by atoms with Crippen LogP contribution in [0.4, 0.5) is 0 Å². The van der Waals surface area contributed by atoms with Crippen LogP contribution in [0.5, 0.6) is 5.75 Å². The monoisotopic (exact) mass is 249 g/mol. The summed E-state index contributed by atoms with van der Waals surface area (Å²) in [6.45, 7) is 8.82. The lowest BCUT2D eigenvalue weighted by molar-refractivity contribution is 0.0356. The number of benzene rings is 1. The lowest BCUT2D eigenvalue weighted by Gasteiger charge is -2.35. The van der Waals surface area contributed by atoms with E-state index < -0.39 is 0 Å². The summed E-state index contributed by atoms with van der Waals surface area (Å²) in [6, 6.07) is 8.36. The molecule has 0 bridgehead atoms. The largest absolute Gasteiger partial charge is 0.491 e. The van der Waals surface area contributed by atoms with Crippen molar-refractivity contribution in [1.29, 1.82) is 0 Å². The summed E-state index contributed by atoms with van der Waals surface area (Å²) >= 11 is 0. The van der Waals surface area contributed by atoms with Gasteiger partial charge in [-0.1, -0.05) is 12.1 Å². The van der Waals surface area contributed by atoms with Gasteiger partial charge in [-0.2, -0.15) is 0 Å². The minimum absolute atomic E-state index is 0.0542. The molecule has 1 fully saturated rings. The SMILES string of the molecule is CC(C)Oc1ccc(CC2(C)COCCN2)cc1. The zero-order chi connectivity index (χ0) is 13.0. The van der Waals surface area contributed by atoms with Gasteiger partial charge in [0.2, 0.25) is 0 Å². The number of morpholine rings is 1. The van der Waals surface area contributed by atoms with Crippen LogP contribution in [-0.2, 0) is 11.2 Å². The summed E-state index contributed by atoms with van der Waals surface area (Å²) in [4.78, 5) is 0. The van der Waals surface area contributed by atoms with E-state index in [2.05, 4.69) is 24.4 Å². The van der Waals surface area contributed by atoms with Gasteiger partial charge in [-0.15, -0.1) is 0 Å². The van der Waals surface area contributed by atoms with E-state index in [4.69, 9.17) is 9.47 Å². The number of nitrogens with one attached hydrogen (secondary N) is 1. The molecule has 1 aliphatic heterocycles. The van der Waals surface area contributed by atoms with Crippen LogP contribution >= 0.6 is 0 Å². The molecule has 0 radical (unpaired) electrons. The predicted molar refractivity (Wildman–Crippen MR) is 73.1 cm³/mol. The Morgan fingerprint density at radius 3 is 2.61 bits per heavy atom. The zero-order valence-corrected chi connectivity index (χ0v) is 11.5. The number of hydrogen-bond donors (Lipinski definition) is 1. The van der Waals surface area contributed by atoms with Gasteiger partial charge in [0.25, 0.3) is 0 Å². The molecule has 1 aromatic rings. The minimum Gasteiger partial charge on any atom is -0.491 e. The van der Waals surface area contributed by atoms with Crippen LogP contribution in [0.3, 0.4) is 0 Å². The van der Waals surface area contributed by atoms with Crippen molar-refractivity contribution in [2.24, 2.45) is 0 Å². The van der Waals surface area contributed by atoms with Gasteiger partial charge in [-0.25, -0.2) is 0 Å². The summed E-state index contributed by atoms with van der Waals surface area (Å²) in [7, 11) is 0. The molecule has 18 heavy (non-hydrogen) atoms. The van der Waals surface area contributed by atoms with Crippen molar-refractivity contribution in [3.8, 4) is 5.75 Å². The Labute approximate surface area is 109 Å². The van der Waals surface area contributed by atoms with Gasteiger partial charge in [-0.3, -0.25) is 0 Å². The van der Waals surface area contributed by atoms with Crippen LogP contribution in [0.25, 0.3) is 0 Å². The Hall–Kier alpha value is -1.06. The first-order chi connectivity index (χ1) is 8.57. The van der Waals surface area contributed by atoms with Crippen LogP contribution in [0.1, 0.15) is 26.3 Å². The standard InChI is InChI=1S/C15H23NO2/c1-12(2)18-14-6-4-13(5-7-14)10-15(3)11-17-9-8-16-15/h4-7,12,16H,8-11H2,1-3H3. The molecule has 1 N–H and O–H groups in total. The molecule has 0 spiro atoms. The van der Waals surface area contributed by atoms with Crippen LogP contribution < -0.4 is 10.1 Å². The summed E-state index contributed by atoms with van der Waals surface area (Å²) in [5, 5.41) is 3.53. The summed E-state index contributed by atoms with van der Waals surface area (Å²) in [6.07, 6.45) is 1.20. The molecule has 0 aliphatic carbocycles. The van der Waals surface area contributed by atoms with E-state index >= 15 is 0 Å². The van der Waals surface area contributed by atoms with E-state index in [0.717, 1.165) is 31.9 Å². The van der Waals surface area contributed by atoms with Crippen molar-refractivity contribution in [2.45, 2.75) is 38.8 Å². The maximum atomic E-state index is 5.64. The summed E-state index contributed by atoms with van der Waals surface area (Å²) in [5.41, 5.74) is 1.37. The van der Waals surface area contributed by atoms with Gasteiger partial charge >= 0.3 is 0 Å². The van der Waals surface area contributed by atoms with Crippen LogP contribution in [0.15, 0.2) is 24.3 Å². The molecule has 1 saturated heterocycles. The average Bonchev–Trinajstić information content (AvgIpc) is 2.31. The van der Waals surface area contributed by atoms with Crippen LogP contribution in [-0.4, -0.2) is 31.4 Å². The first-order valence-electron chi connectivity index (χ1n) is 6.66. The van der Waals surface area contributed by atoms with E-state index in [0.29, 0.717) is 0 Å². The lowest BCUT2D eigenvalue weighted by atomic mass is 9.93. The van der Waals surface area contributed by atoms with Crippen molar-refractivity contribution in [3.05, 3.63) is 29.8 Å². The summed E-state index contributed by atoms with van der Waals surface area (Å²) in [5.74, 6) is 0.937. The van der Waals surface area contributed by atoms with Crippen molar-refractivity contribution in [3.63, 3.8) is 0 Å². The Morgan fingerprint density at radius 1 is 1.33 bits per heavy atom. The predicted octanol–water partition coefficient (Wildman–Crippen LogP) is 2.39. The van der Waals surface area contributed by atoms with Gasteiger partial charge in [0.1, 0.15) is 5.75 Å². The normalized spacial score (nSPS) is 24.2. The third kappa shape index (κ3) is 3.72. The van der Waals surface area contributed by atoms with Crippen LogP contribution in [0.2, 0.25) is 0 Å². The quantitative estimate of drug-likeness (QED) is 0.889. The molecule has 0 aromatic heterocycles. The first kappa shape index (κ1) is 13.4. The molecule has 0 amide bonds. The second kappa shape index (κ2) is 5.72. The fourth-order valence-corrected chi connectivity index (χ4v) is 2.30. The maximum Gasteiger partial charge on any atom is 0.119 e. The van der Waals surface area contributed by atoms with Crippen molar-refractivity contribution >= 4 is 0 Å². The van der Waals surface area contributed by atoms with Gasteiger partial charge in [0, 0.05) is 12.1 Å². The first-order valence-corrected chi connectivity index (χ1v) is 6.66. The van der Waals surface area contributed by atoms with Crippen molar-refractivity contribution in [1.82, 2.24) is 5.32 Å². The smallest absolute Gasteiger partial charge is 0.119 e. The topological polar surface area (TPSA) is 30.5 Å². The van der Waals surface area contributed by atoms with Gasteiger partial charge in [-0.05, 0) is 44.9 Å². The number of ether oxygens (including phenoxy) is 2. The van der Waals surface area contributed by atoms with E-state index in [1.54, 1.807) is 0 Å². The van der Waals surface area contributed by atoms with Crippen molar-refractivity contribution in [2.75, 3.05) is 19.8 Å². The lowest BCUT2D eigenvalue weighted by Crippen LogP contribution is -2.53. The maximum absolute atomic E-state index is 5.64. The van der Waals surface area contributed by atoms with Gasteiger partial charge in [0.15, 0.2) is 0 Å². The zero-order valence-electron chi connectivity index (χ0n) is 11.5. The second-order valence-corrected chi connectivity index (χ2v) is 5.53. The fraction of sp³-hybridized carbons (Fsp3) is 0.600. The molecule has 2 rings (SSSR count). The molecular formula is C15H23NO2. The summed E-state index contributed by atoms with van der Waals surface area (Å²) < 4.78 is 11.2. The van der Waals surface area contributed by atoms with Crippen LogP contribution in [0, 0.1) is 0 Å². The molecule has 100 valence electrons. The third-order valence-corrected chi connectivity index (χ3v) is 3.11. The minimum atomic E-state index is 0.0542. The third-order valence-electron chi connectivity index (χ3n) is 3.11. The molecule has 0 saturated carbocycles. The average molecular weight is 249 g/mol. The molecule has 1 aromatic carbocycles. The molecule has 3 heteroatoms. The Morgan fingerprint density at radius 2 is 2.06 bits per heavy atom. The molecule has 3 nitrogen and oxygen atoms in total. The Kier molecular flexibility index (Phi) is 4.25. The highest BCUT2D eigenvalue weighted by Crippen LogP contribution is 2.19. The van der Waals surface area contributed by atoms with E-state index in [9.17, 15) is 0 Å². The highest BCUT2D eigenvalue weighted by atomic mass is 16.5. The molecule has 1 heterocycles. The van der Waals surface area contributed by atoms with Gasteiger partial charge in [0.05, 0.1) is 19.3 Å². The number of rotatable bonds is 4. The van der Waals surface area contributed by atoms with E-state index in [-0.39, 0.29) is 11.6 Å². The highest BCUT2D eigenvalue weighted by molar-refractivity contribution is 5.28. The highest BCUT2D eigenvalue weighted by Gasteiger charge is 2.27. The Bertz CT molecular complexity index is 367. The fourth-order valence-electron chi connectivity index (χ4n) is 2.30. The van der Waals surface area contributed by atoms with E-state index in [1.165, 1.54) is 5.56 Å². The molecule has 1 aliphatic rings. The molecular weight excluding hydrogens is 226 g/mol. The van der Waals surface area contributed by atoms with E-state index in [1.807, 2.05) is 26.0 Å². The Balaban J connectivity index is 1.97. The van der Waals surface area contributed by atoms with Crippen molar-refractivity contribution < 1.29 is 9.47 Å².